The number of aliphatic hydroxyl groups is 1. The molecule has 0 bridgehead atoms. The summed E-state index contributed by atoms with van der Waals surface area (Å²) in [6.45, 7) is 2.58. The molecule has 1 fully saturated rings. The van der Waals surface area contributed by atoms with Gasteiger partial charge in [-0.2, -0.15) is 0 Å². The van der Waals surface area contributed by atoms with E-state index in [0.29, 0.717) is 12.2 Å². The van der Waals surface area contributed by atoms with E-state index in [-0.39, 0.29) is 17.4 Å². The van der Waals surface area contributed by atoms with Crippen LogP contribution in [0.15, 0.2) is 18.3 Å². The van der Waals surface area contributed by atoms with Crippen molar-refractivity contribution in [2.75, 3.05) is 6.54 Å². The molecule has 4 nitrogen and oxygen atoms in total. The molecule has 1 aromatic rings. The van der Waals surface area contributed by atoms with Crippen LogP contribution in [0.25, 0.3) is 0 Å². The SMILES string of the molecule is CC1(CNC(=O)c2ccc[nH]2)CCCCC1O. The molecule has 0 aromatic carbocycles. The van der Waals surface area contributed by atoms with E-state index in [0.717, 1.165) is 25.7 Å². The normalized spacial score (nSPS) is 28.9. The number of hydrogen-bond acceptors (Lipinski definition) is 2. The molecule has 0 saturated heterocycles. The van der Waals surface area contributed by atoms with E-state index in [9.17, 15) is 9.90 Å². The van der Waals surface area contributed by atoms with Crippen LogP contribution in [-0.2, 0) is 0 Å². The Morgan fingerprint density at radius 3 is 3.12 bits per heavy atom. The van der Waals surface area contributed by atoms with Gasteiger partial charge in [0, 0.05) is 18.2 Å². The maximum absolute atomic E-state index is 11.8. The first-order valence-corrected chi connectivity index (χ1v) is 6.21. The van der Waals surface area contributed by atoms with Gasteiger partial charge in [-0.1, -0.05) is 19.8 Å². The van der Waals surface area contributed by atoms with E-state index < -0.39 is 0 Å². The number of aromatic nitrogens is 1. The van der Waals surface area contributed by atoms with Gasteiger partial charge in [0.05, 0.1) is 6.10 Å². The molecule has 17 heavy (non-hydrogen) atoms. The fourth-order valence-corrected chi connectivity index (χ4v) is 2.44. The van der Waals surface area contributed by atoms with E-state index >= 15 is 0 Å². The van der Waals surface area contributed by atoms with Crippen molar-refractivity contribution in [3.8, 4) is 0 Å². The third-order valence-electron chi connectivity index (χ3n) is 3.78. The van der Waals surface area contributed by atoms with Crippen LogP contribution in [0.5, 0.6) is 0 Å². The van der Waals surface area contributed by atoms with Crippen LogP contribution < -0.4 is 5.32 Å². The summed E-state index contributed by atoms with van der Waals surface area (Å²) in [6.07, 6.45) is 5.45. The predicted molar refractivity (Wildman–Crippen MR) is 65.7 cm³/mol. The fraction of sp³-hybridized carbons (Fsp3) is 0.615. The molecule has 0 radical (unpaired) electrons. The molecule has 2 atom stereocenters. The number of amides is 1. The number of H-pyrrole nitrogens is 1. The van der Waals surface area contributed by atoms with Gasteiger partial charge in [-0.05, 0) is 25.0 Å². The summed E-state index contributed by atoms with van der Waals surface area (Å²) in [7, 11) is 0. The highest BCUT2D eigenvalue weighted by molar-refractivity contribution is 5.92. The van der Waals surface area contributed by atoms with Gasteiger partial charge in [0.25, 0.3) is 5.91 Å². The van der Waals surface area contributed by atoms with Gasteiger partial charge in [0.1, 0.15) is 5.69 Å². The highest BCUT2D eigenvalue weighted by Crippen LogP contribution is 2.35. The lowest BCUT2D eigenvalue weighted by Crippen LogP contribution is -2.45. The van der Waals surface area contributed by atoms with Crippen molar-refractivity contribution in [2.45, 2.75) is 38.7 Å². The second-order valence-electron chi connectivity index (χ2n) is 5.18. The van der Waals surface area contributed by atoms with Gasteiger partial charge in [-0.3, -0.25) is 4.79 Å². The smallest absolute Gasteiger partial charge is 0.267 e. The average Bonchev–Trinajstić information content (AvgIpc) is 2.84. The van der Waals surface area contributed by atoms with Crippen LogP contribution in [0.2, 0.25) is 0 Å². The molecular weight excluding hydrogens is 216 g/mol. The number of nitrogens with one attached hydrogen (secondary N) is 2. The second-order valence-corrected chi connectivity index (χ2v) is 5.18. The molecule has 94 valence electrons. The van der Waals surface area contributed by atoms with Crippen LogP contribution in [-0.4, -0.2) is 28.6 Å². The van der Waals surface area contributed by atoms with Crippen molar-refractivity contribution in [2.24, 2.45) is 5.41 Å². The molecule has 1 heterocycles. The Morgan fingerprint density at radius 1 is 1.65 bits per heavy atom. The highest BCUT2D eigenvalue weighted by Gasteiger charge is 2.35. The average molecular weight is 236 g/mol. The van der Waals surface area contributed by atoms with Gasteiger partial charge in [0.15, 0.2) is 0 Å². The third kappa shape index (κ3) is 2.69. The van der Waals surface area contributed by atoms with Crippen LogP contribution in [0.1, 0.15) is 43.1 Å². The Bertz CT molecular complexity index is 375. The number of hydrogen-bond donors (Lipinski definition) is 3. The minimum atomic E-state index is -0.305. The van der Waals surface area contributed by atoms with Gasteiger partial charge in [0.2, 0.25) is 0 Å². The molecule has 0 spiro atoms. The number of carbonyl (C=O) groups excluding carboxylic acids is 1. The maximum atomic E-state index is 11.8. The summed E-state index contributed by atoms with van der Waals surface area (Å²) in [6, 6.07) is 3.54. The van der Waals surface area contributed by atoms with E-state index in [1.807, 2.05) is 6.92 Å². The van der Waals surface area contributed by atoms with Crippen molar-refractivity contribution in [1.29, 1.82) is 0 Å². The van der Waals surface area contributed by atoms with E-state index in [4.69, 9.17) is 0 Å². The molecule has 1 aliphatic carbocycles. The molecule has 4 heteroatoms. The largest absolute Gasteiger partial charge is 0.392 e. The quantitative estimate of drug-likeness (QED) is 0.747. The predicted octanol–water partition coefficient (Wildman–Crippen LogP) is 1.69. The second kappa shape index (κ2) is 4.92. The minimum Gasteiger partial charge on any atom is -0.392 e. The summed E-state index contributed by atoms with van der Waals surface area (Å²) < 4.78 is 0. The summed E-state index contributed by atoms with van der Waals surface area (Å²) >= 11 is 0. The van der Waals surface area contributed by atoms with Crippen LogP contribution in [0.4, 0.5) is 0 Å². The first kappa shape index (κ1) is 12.2. The molecule has 2 unspecified atom stereocenters. The molecule has 0 aliphatic heterocycles. The van der Waals surface area contributed by atoms with Crippen molar-refractivity contribution in [1.82, 2.24) is 10.3 Å². The van der Waals surface area contributed by atoms with Crippen LogP contribution >= 0.6 is 0 Å². The van der Waals surface area contributed by atoms with E-state index in [1.165, 1.54) is 0 Å². The Hall–Kier alpha value is -1.29. The molecule has 2 rings (SSSR count). The topological polar surface area (TPSA) is 65.1 Å². The minimum absolute atomic E-state index is 0.103. The summed E-state index contributed by atoms with van der Waals surface area (Å²) in [4.78, 5) is 14.6. The molecule has 3 N–H and O–H groups in total. The Kier molecular flexibility index (Phi) is 3.52. The van der Waals surface area contributed by atoms with E-state index in [2.05, 4.69) is 10.3 Å². The summed E-state index contributed by atoms with van der Waals surface area (Å²) in [5, 5.41) is 12.9. The Morgan fingerprint density at radius 2 is 2.47 bits per heavy atom. The van der Waals surface area contributed by atoms with Crippen molar-refractivity contribution in [3.05, 3.63) is 24.0 Å². The molecule has 1 amide bonds. The first-order chi connectivity index (χ1) is 8.12. The standard InChI is InChI=1S/C13H20N2O2/c1-13(7-3-2-6-11(13)16)9-15-12(17)10-5-4-8-14-10/h4-5,8,11,14,16H,2-3,6-7,9H2,1H3,(H,15,17). The lowest BCUT2D eigenvalue weighted by molar-refractivity contribution is 0.00187. The Labute approximate surface area is 101 Å². The molecule has 1 aliphatic rings. The molecule has 1 saturated carbocycles. The zero-order chi connectivity index (χ0) is 12.3. The molecule has 1 aromatic heterocycles. The van der Waals surface area contributed by atoms with Crippen molar-refractivity contribution >= 4 is 5.91 Å². The lowest BCUT2D eigenvalue weighted by Gasteiger charge is -2.38. The van der Waals surface area contributed by atoms with Crippen molar-refractivity contribution in [3.63, 3.8) is 0 Å². The summed E-state index contributed by atoms with van der Waals surface area (Å²) in [5.41, 5.74) is 0.388. The number of aromatic amines is 1. The molecular formula is C13H20N2O2. The zero-order valence-corrected chi connectivity index (χ0v) is 10.2. The highest BCUT2D eigenvalue weighted by atomic mass is 16.3. The number of aliphatic hydroxyl groups excluding tert-OH is 1. The fourth-order valence-electron chi connectivity index (χ4n) is 2.44. The monoisotopic (exact) mass is 236 g/mol. The zero-order valence-electron chi connectivity index (χ0n) is 10.2. The van der Waals surface area contributed by atoms with Crippen LogP contribution in [0, 0.1) is 5.41 Å². The number of carbonyl (C=O) groups is 1. The van der Waals surface area contributed by atoms with Gasteiger partial charge < -0.3 is 15.4 Å². The van der Waals surface area contributed by atoms with Gasteiger partial charge in [-0.25, -0.2) is 0 Å². The first-order valence-electron chi connectivity index (χ1n) is 6.21. The van der Waals surface area contributed by atoms with Crippen LogP contribution in [0.3, 0.4) is 0 Å². The third-order valence-corrected chi connectivity index (χ3v) is 3.78. The van der Waals surface area contributed by atoms with Crippen molar-refractivity contribution < 1.29 is 9.90 Å². The maximum Gasteiger partial charge on any atom is 0.267 e. The summed E-state index contributed by atoms with van der Waals surface area (Å²) in [5.74, 6) is -0.103. The van der Waals surface area contributed by atoms with Gasteiger partial charge in [-0.15, -0.1) is 0 Å². The lowest BCUT2D eigenvalue weighted by atomic mass is 9.73. The van der Waals surface area contributed by atoms with E-state index in [1.54, 1.807) is 18.3 Å². The number of rotatable bonds is 3. The van der Waals surface area contributed by atoms with Gasteiger partial charge >= 0.3 is 0 Å². The Balaban J connectivity index is 1.91.